The zero-order valence-electron chi connectivity index (χ0n) is 11.1. The van der Waals surface area contributed by atoms with Crippen molar-refractivity contribution in [1.29, 1.82) is 0 Å². The van der Waals surface area contributed by atoms with Crippen molar-refractivity contribution in [2.75, 3.05) is 19.0 Å². The van der Waals surface area contributed by atoms with Crippen molar-refractivity contribution in [2.24, 2.45) is 0 Å². The van der Waals surface area contributed by atoms with Crippen LogP contribution < -0.4 is 5.32 Å². The molecule has 0 aliphatic rings. The number of nitrogens with zero attached hydrogens (tertiary/aromatic N) is 1. The SMILES string of the molecule is CCOC(=O)c1cnc2c(C)ccc(F)c2c1NC. The van der Waals surface area contributed by atoms with E-state index in [0.29, 0.717) is 16.6 Å². The Labute approximate surface area is 110 Å². The van der Waals surface area contributed by atoms with Crippen LogP contribution in [0.25, 0.3) is 10.9 Å². The van der Waals surface area contributed by atoms with Crippen LogP contribution in [0.15, 0.2) is 18.3 Å². The Kier molecular flexibility index (Phi) is 3.64. The molecule has 1 N–H and O–H groups in total. The van der Waals surface area contributed by atoms with Gasteiger partial charge in [-0.1, -0.05) is 6.07 Å². The number of carbonyl (C=O) groups excluding carboxylic acids is 1. The average molecular weight is 262 g/mol. The molecule has 0 atom stereocenters. The molecule has 0 saturated heterocycles. The normalized spacial score (nSPS) is 10.5. The third-order valence-electron chi connectivity index (χ3n) is 2.92. The van der Waals surface area contributed by atoms with Gasteiger partial charge in [-0.25, -0.2) is 9.18 Å². The van der Waals surface area contributed by atoms with Gasteiger partial charge in [0, 0.05) is 13.2 Å². The van der Waals surface area contributed by atoms with E-state index in [1.54, 1.807) is 20.0 Å². The summed E-state index contributed by atoms with van der Waals surface area (Å²) < 4.78 is 19.0. The number of aromatic nitrogens is 1. The van der Waals surface area contributed by atoms with Gasteiger partial charge in [0.05, 0.1) is 23.2 Å². The number of rotatable bonds is 3. The van der Waals surface area contributed by atoms with Crippen LogP contribution in [-0.2, 0) is 4.74 Å². The van der Waals surface area contributed by atoms with Crippen LogP contribution in [-0.4, -0.2) is 24.6 Å². The Hall–Kier alpha value is -2.17. The summed E-state index contributed by atoms with van der Waals surface area (Å²) in [5.74, 6) is -0.925. The van der Waals surface area contributed by atoms with Crippen LogP contribution in [0, 0.1) is 12.7 Å². The molecule has 0 spiro atoms. The number of benzene rings is 1. The topological polar surface area (TPSA) is 51.2 Å². The summed E-state index contributed by atoms with van der Waals surface area (Å²) in [6.45, 7) is 3.82. The van der Waals surface area contributed by atoms with Crippen molar-refractivity contribution >= 4 is 22.6 Å². The van der Waals surface area contributed by atoms with Gasteiger partial charge in [0.1, 0.15) is 11.4 Å². The lowest BCUT2D eigenvalue weighted by atomic mass is 10.1. The second-order valence-electron chi connectivity index (χ2n) is 4.11. The molecule has 0 amide bonds. The second-order valence-corrected chi connectivity index (χ2v) is 4.11. The molecule has 19 heavy (non-hydrogen) atoms. The van der Waals surface area contributed by atoms with E-state index in [1.807, 2.05) is 6.92 Å². The number of pyridine rings is 1. The van der Waals surface area contributed by atoms with Gasteiger partial charge in [-0.15, -0.1) is 0 Å². The first-order valence-corrected chi connectivity index (χ1v) is 6.02. The van der Waals surface area contributed by atoms with E-state index in [4.69, 9.17) is 4.74 Å². The van der Waals surface area contributed by atoms with E-state index < -0.39 is 11.8 Å². The number of nitrogens with one attached hydrogen (secondary N) is 1. The molecule has 0 fully saturated rings. The van der Waals surface area contributed by atoms with Crippen molar-refractivity contribution in [1.82, 2.24) is 4.98 Å². The fourth-order valence-electron chi connectivity index (χ4n) is 2.03. The highest BCUT2D eigenvalue weighted by molar-refractivity contribution is 6.05. The summed E-state index contributed by atoms with van der Waals surface area (Å²) in [5, 5.41) is 3.18. The predicted octanol–water partition coefficient (Wildman–Crippen LogP) is 2.90. The fourth-order valence-corrected chi connectivity index (χ4v) is 2.03. The largest absolute Gasteiger partial charge is 0.462 e. The second kappa shape index (κ2) is 5.22. The molecule has 1 aromatic carbocycles. The first-order valence-electron chi connectivity index (χ1n) is 6.02. The van der Waals surface area contributed by atoms with Crippen molar-refractivity contribution in [3.63, 3.8) is 0 Å². The molecule has 0 aliphatic carbocycles. The van der Waals surface area contributed by atoms with E-state index in [0.717, 1.165) is 5.56 Å². The highest BCUT2D eigenvalue weighted by Gasteiger charge is 2.18. The van der Waals surface area contributed by atoms with E-state index in [1.165, 1.54) is 12.3 Å². The maximum absolute atomic E-state index is 14.0. The Morgan fingerprint density at radius 2 is 2.21 bits per heavy atom. The minimum Gasteiger partial charge on any atom is -0.462 e. The molecule has 1 heterocycles. The summed E-state index contributed by atoms with van der Waals surface area (Å²) in [6, 6.07) is 3.03. The average Bonchev–Trinajstić information content (AvgIpc) is 2.41. The molecule has 0 saturated carbocycles. The van der Waals surface area contributed by atoms with Gasteiger partial charge in [0.15, 0.2) is 0 Å². The predicted molar refractivity (Wildman–Crippen MR) is 71.9 cm³/mol. The maximum Gasteiger partial charge on any atom is 0.341 e. The highest BCUT2D eigenvalue weighted by atomic mass is 19.1. The summed E-state index contributed by atoms with van der Waals surface area (Å²) in [6.07, 6.45) is 1.42. The fraction of sp³-hybridized carbons (Fsp3) is 0.286. The first-order chi connectivity index (χ1) is 9.10. The summed E-state index contributed by atoms with van der Waals surface area (Å²) in [4.78, 5) is 16.0. The Morgan fingerprint density at radius 3 is 2.84 bits per heavy atom. The molecule has 100 valence electrons. The molecular weight excluding hydrogens is 247 g/mol. The molecule has 2 rings (SSSR count). The van der Waals surface area contributed by atoms with Gasteiger partial charge in [0.2, 0.25) is 0 Å². The number of anilines is 1. The van der Waals surface area contributed by atoms with Crippen LogP contribution in [0.3, 0.4) is 0 Å². The lowest BCUT2D eigenvalue weighted by molar-refractivity contribution is 0.0527. The molecule has 0 bridgehead atoms. The molecule has 0 unspecified atom stereocenters. The summed E-state index contributed by atoms with van der Waals surface area (Å²) in [7, 11) is 1.64. The van der Waals surface area contributed by atoms with Crippen LogP contribution in [0.4, 0.5) is 10.1 Å². The highest BCUT2D eigenvalue weighted by Crippen LogP contribution is 2.30. The third kappa shape index (κ3) is 2.23. The Morgan fingerprint density at radius 1 is 1.47 bits per heavy atom. The molecule has 0 aliphatic heterocycles. The zero-order chi connectivity index (χ0) is 14.0. The summed E-state index contributed by atoms with van der Waals surface area (Å²) >= 11 is 0. The van der Waals surface area contributed by atoms with Crippen molar-refractivity contribution < 1.29 is 13.9 Å². The van der Waals surface area contributed by atoms with E-state index in [2.05, 4.69) is 10.3 Å². The molecule has 4 nitrogen and oxygen atoms in total. The van der Waals surface area contributed by atoms with E-state index >= 15 is 0 Å². The number of aryl methyl sites for hydroxylation is 1. The quantitative estimate of drug-likeness (QED) is 0.864. The zero-order valence-corrected chi connectivity index (χ0v) is 11.1. The number of ether oxygens (including phenoxy) is 1. The third-order valence-corrected chi connectivity index (χ3v) is 2.92. The molecule has 0 radical (unpaired) electrons. The minimum absolute atomic E-state index is 0.237. The number of halogens is 1. The van der Waals surface area contributed by atoms with Gasteiger partial charge in [-0.05, 0) is 25.5 Å². The smallest absolute Gasteiger partial charge is 0.341 e. The standard InChI is InChI=1S/C14H15FN2O2/c1-4-19-14(18)9-7-17-12-8(2)5-6-10(15)11(12)13(9)16-3/h5-7H,4H2,1-3H3,(H,16,17). The van der Waals surface area contributed by atoms with Crippen molar-refractivity contribution in [3.8, 4) is 0 Å². The van der Waals surface area contributed by atoms with Gasteiger partial charge in [0.25, 0.3) is 0 Å². The maximum atomic E-state index is 14.0. The number of fused-ring (bicyclic) bond motifs is 1. The van der Waals surface area contributed by atoms with Gasteiger partial charge in [-0.2, -0.15) is 0 Å². The van der Waals surface area contributed by atoms with Gasteiger partial charge < -0.3 is 10.1 Å². The Balaban J connectivity index is 2.76. The van der Waals surface area contributed by atoms with Crippen molar-refractivity contribution in [3.05, 3.63) is 35.3 Å². The van der Waals surface area contributed by atoms with Crippen molar-refractivity contribution in [2.45, 2.75) is 13.8 Å². The van der Waals surface area contributed by atoms with E-state index in [-0.39, 0.29) is 12.2 Å². The summed E-state index contributed by atoms with van der Waals surface area (Å²) in [5.41, 5.74) is 2.03. The van der Waals surface area contributed by atoms with Gasteiger partial charge >= 0.3 is 5.97 Å². The number of hydrogen-bond donors (Lipinski definition) is 1. The van der Waals surface area contributed by atoms with Crippen LogP contribution in [0.1, 0.15) is 22.8 Å². The van der Waals surface area contributed by atoms with Crippen LogP contribution in [0.2, 0.25) is 0 Å². The number of hydrogen-bond acceptors (Lipinski definition) is 4. The molecular formula is C14H15FN2O2. The Bertz CT molecular complexity index is 641. The number of carbonyl (C=O) groups is 1. The van der Waals surface area contributed by atoms with Crippen LogP contribution in [0.5, 0.6) is 0 Å². The number of esters is 1. The first kappa shape index (κ1) is 13.3. The monoisotopic (exact) mass is 262 g/mol. The van der Waals surface area contributed by atoms with Gasteiger partial charge in [-0.3, -0.25) is 4.98 Å². The molecule has 2 aromatic rings. The lowest BCUT2D eigenvalue weighted by Gasteiger charge is -2.12. The minimum atomic E-state index is -0.512. The lowest BCUT2D eigenvalue weighted by Crippen LogP contribution is -2.10. The molecule has 5 heteroatoms. The van der Waals surface area contributed by atoms with E-state index in [9.17, 15) is 9.18 Å². The molecule has 1 aromatic heterocycles. The van der Waals surface area contributed by atoms with Crippen LogP contribution >= 0.6 is 0 Å².